The molecule has 1 amide bonds. The Bertz CT molecular complexity index is 1130. The van der Waals surface area contributed by atoms with Crippen molar-refractivity contribution in [3.05, 3.63) is 52.8 Å². The molecule has 10 heteroatoms. The van der Waals surface area contributed by atoms with E-state index in [-0.39, 0.29) is 21.9 Å². The van der Waals surface area contributed by atoms with Crippen molar-refractivity contribution < 1.29 is 22.0 Å². The van der Waals surface area contributed by atoms with E-state index in [1.807, 2.05) is 0 Å². The quantitative estimate of drug-likeness (QED) is 0.653. The first-order chi connectivity index (χ1) is 11.7. The van der Waals surface area contributed by atoms with Crippen LogP contribution >= 0.6 is 0 Å². The first-order valence-corrected chi connectivity index (χ1v) is 8.46. The standard InChI is InChI=1S/C15H12FN3O5S/c1-8(20)17-13-6-9(2-4-11(13)16)19-25(22,23)10-3-5-12-14(7-10)24-15(21)18-12/h2-7,19H,1H3,(H,17,20)(H,18,21). The summed E-state index contributed by atoms with van der Waals surface area (Å²) in [7, 11) is -4.01. The van der Waals surface area contributed by atoms with Gasteiger partial charge in [-0.1, -0.05) is 0 Å². The number of aromatic amines is 1. The minimum atomic E-state index is -4.01. The van der Waals surface area contributed by atoms with Crippen molar-refractivity contribution >= 4 is 38.4 Å². The van der Waals surface area contributed by atoms with Crippen molar-refractivity contribution in [1.29, 1.82) is 0 Å². The fourth-order valence-corrected chi connectivity index (χ4v) is 3.25. The van der Waals surface area contributed by atoms with Gasteiger partial charge in [0, 0.05) is 13.0 Å². The summed E-state index contributed by atoms with van der Waals surface area (Å²) >= 11 is 0. The number of hydrogen-bond acceptors (Lipinski definition) is 5. The molecule has 130 valence electrons. The van der Waals surface area contributed by atoms with Crippen LogP contribution < -0.4 is 15.8 Å². The summed E-state index contributed by atoms with van der Waals surface area (Å²) in [6, 6.07) is 7.26. The van der Waals surface area contributed by atoms with Crippen molar-refractivity contribution in [2.75, 3.05) is 10.0 Å². The first kappa shape index (κ1) is 16.7. The van der Waals surface area contributed by atoms with Crippen LogP contribution in [0.1, 0.15) is 6.92 Å². The zero-order valence-corrected chi connectivity index (χ0v) is 13.6. The van der Waals surface area contributed by atoms with E-state index in [0.29, 0.717) is 5.52 Å². The van der Waals surface area contributed by atoms with E-state index in [9.17, 15) is 22.4 Å². The van der Waals surface area contributed by atoms with Crippen molar-refractivity contribution in [3.63, 3.8) is 0 Å². The van der Waals surface area contributed by atoms with Crippen LogP contribution in [0.15, 0.2) is 50.5 Å². The van der Waals surface area contributed by atoms with Gasteiger partial charge in [0.25, 0.3) is 10.0 Å². The maximum Gasteiger partial charge on any atom is 0.417 e. The van der Waals surface area contributed by atoms with Crippen LogP contribution in [-0.2, 0) is 14.8 Å². The summed E-state index contributed by atoms with van der Waals surface area (Å²) < 4.78 is 45.6. The van der Waals surface area contributed by atoms with Crippen molar-refractivity contribution in [3.8, 4) is 0 Å². The third kappa shape index (κ3) is 3.53. The predicted molar refractivity (Wildman–Crippen MR) is 88.3 cm³/mol. The number of oxazole rings is 1. The lowest BCUT2D eigenvalue weighted by atomic mass is 10.2. The largest absolute Gasteiger partial charge is 0.417 e. The Kier molecular flexibility index (Phi) is 4.05. The smallest absolute Gasteiger partial charge is 0.408 e. The van der Waals surface area contributed by atoms with Gasteiger partial charge < -0.3 is 9.73 Å². The number of carbonyl (C=O) groups is 1. The van der Waals surface area contributed by atoms with Gasteiger partial charge in [0.15, 0.2) is 5.58 Å². The number of fused-ring (bicyclic) bond motifs is 1. The minimum Gasteiger partial charge on any atom is -0.408 e. The zero-order valence-electron chi connectivity index (χ0n) is 12.8. The molecule has 8 nitrogen and oxygen atoms in total. The number of nitrogens with one attached hydrogen (secondary N) is 3. The summed E-state index contributed by atoms with van der Waals surface area (Å²) in [4.78, 5) is 24.4. The SMILES string of the molecule is CC(=O)Nc1cc(NS(=O)(=O)c2ccc3[nH]c(=O)oc3c2)ccc1F. The average molecular weight is 365 g/mol. The molecule has 0 aliphatic carbocycles. The Labute approximate surface area is 140 Å². The second-order valence-corrected chi connectivity index (χ2v) is 6.84. The maximum atomic E-state index is 13.6. The Morgan fingerprint density at radius 3 is 2.68 bits per heavy atom. The fraction of sp³-hybridized carbons (Fsp3) is 0.0667. The van der Waals surface area contributed by atoms with Crippen molar-refractivity contribution in [2.24, 2.45) is 0 Å². The van der Waals surface area contributed by atoms with Crippen molar-refractivity contribution in [1.82, 2.24) is 4.98 Å². The molecule has 0 aliphatic rings. The molecule has 3 N–H and O–H groups in total. The van der Waals surface area contributed by atoms with Crippen LogP contribution in [0.5, 0.6) is 0 Å². The maximum absolute atomic E-state index is 13.6. The van der Waals surface area contributed by atoms with Crippen LogP contribution in [0.4, 0.5) is 15.8 Å². The van der Waals surface area contributed by atoms with Gasteiger partial charge in [0.05, 0.1) is 21.8 Å². The number of aromatic nitrogens is 1. The second-order valence-electron chi connectivity index (χ2n) is 5.15. The summed E-state index contributed by atoms with van der Waals surface area (Å²) in [6.07, 6.45) is 0. The Morgan fingerprint density at radius 2 is 1.96 bits per heavy atom. The topological polar surface area (TPSA) is 121 Å². The third-order valence-electron chi connectivity index (χ3n) is 3.23. The lowest BCUT2D eigenvalue weighted by Crippen LogP contribution is -2.14. The molecule has 2 aromatic carbocycles. The molecule has 0 unspecified atom stereocenters. The van der Waals surface area contributed by atoms with Gasteiger partial charge in [-0.05, 0) is 30.3 Å². The second kappa shape index (κ2) is 6.06. The highest BCUT2D eigenvalue weighted by Gasteiger charge is 2.17. The monoisotopic (exact) mass is 365 g/mol. The summed E-state index contributed by atoms with van der Waals surface area (Å²) in [5, 5.41) is 2.26. The van der Waals surface area contributed by atoms with E-state index in [4.69, 9.17) is 4.42 Å². The average Bonchev–Trinajstić information content (AvgIpc) is 2.89. The first-order valence-electron chi connectivity index (χ1n) is 6.97. The van der Waals surface area contributed by atoms with E-state index in [0.717, 1.165) is 12.1 Å². The lowest BCUT2D eigenvalue weighted by Gasteiger charge is -2.10. The van der Waals surface area contributed by atoms with E-state index in [1.54, 1.807) is 0 Å². The molecule has 0 bridgehead atoms. The van der Waals surface area contributed by atoms with E-state index >= 15 is 0 Å². The van der Waals surface area contributed by atoms with E-state index in [2.05, 4.69) is 15.0 Å². The van der Waals surface area contributed by atoms with Gasteiger partial charge in [-0.25, -0.2) is 17.6 Å². The van der Waals surface area contributed by atoms with Crippen LogP contribution in [0.3, 0.4) is 0 Å². The number of halogens is 1. The molecule has 3 rings (SSSR count). The van der Waals surface area contributed by atoms with Gasteiger partial charge in [0.1, 0.15) is 5.82 Å². The normalized spacial score (nSPS) is 11.4. The molecule has 0 aliphatic heterocycles. The number of carbonyl (C=O) groups excluding carboxylic acids is 1. The van der Waals surface area contributed by atoms with Crippen LogP contribution in [-0.4, -0.2) is 19.3 Å². The van der Waals surface area contributed by atoms with Gasteiger partial charge in [-0.15, -0.1) is 0 Å². The Hall–Kier alpha value is -3.14. The summed E-state index contributed by atoms with van der Waals surface area (Å²) in [5.74, 6) is -1.89. The molecule has 0 fully saturated rings. The van der Waals surface area contributed by atoms with E-state index < -0.39 is 27.5 Å². The fourth-order valence-electron chi connectivity index (χ4n) is 2.18. The van der Waals surface area contributed by atoms with Crippen LogP contribution in [0.2, 0.25) is 0 Å². The molecular formula is C15H12FN3O5S. The summed E-state index contributed by atoms with van der Waals surface area (Å²) in [6.45, 7) is 1.20. The number of rotatable bonds is 4. The molecule has 3 aromatic rings. The Morgan fingerprint density at radius 1 is 1.20 bits per heavy atom. The molecular weight excluding hydrogens is 353 g/mol. The number of amides is 1. The number of anilines is 2. The molecule has 1 aromatic heterocycles. The van der Waals surface area contributed by atoms with Crippen molar-refractivity contribution in [2.45, 2.75) is 11.8 Å². The molecule has 1 heterocycles. The molecule has 25 heavy (non-hydrogen) atoms. The predicted octanol–water partition coefficient (Wildman–Crippen LogP) is 2.02. The number of benzene rings is 2. The zero-order chi connectivity index (χ0) is 18.2. The lowest BCUT2D eigenvalue weighted by molar-refractivity contribution is -0.114. The Balaban J connectivity index is 1.94. The van der Waals surface area contributed by atoms with Gasteiger partial charge >= 0.3 is 5.76 Å². The highest BCUT2D eigenvalue weighted by atomic mass is 32.2. The van der Waals surface area contributed by atoms with E-state index in [1.165, 1.54) is 31.2 Å². The molecule has 0 radical (unpaired) electrons. The number of hydrogen-bond donors (Lipinski definition) is 3. The van der Waals surface area contributed by atoms with Gasteiger partial charge in [-0.2, -0.15) is 0 Å². The third-order valence-corrected chi connectivity index (χ3v) is 4.61. The summed E-state index contributed by atoms with van der Waals surface area (Å²) in [5.41, 5.74) is 0.352. The van der Waals surface area contributed by atoms with Crippen LogP contribution in [0.25, 0.3) is 11.1 Å². The molecule has 0 atom stereocenters. The molecule has 0 saturated heterocycles. The van der Waals surface area contributed by atoms with Gasteiger partial charge in [-0.3, -0.25) is 14.5 Å². The van der Waals surface area contributed by atoms with Gasteiger partial charge in [0.2, 0.25) is 5.91 Å². The van der Waals surface area contributed by atoms with Crippen LogP contribution in [0, 0.1) is 5.82 Å². The highest BCUT2D eigenvalue weighted by molar-refractivity contribution is 7.92. The molecule has 0 saturated carbocycles. The highest BCUT2D eigenvalue weighted by Crippen LogP contribution is 2.23. The minimum absolute atomic E-state index is 0.0563. The molecule has 0 spiro atoms. The number of H-pyrrole nitrogens is 1. The number of sulfonamides is 1.